The molecule has 3 aromatic rings. The number of thiophene rings is 1. The van der Waals surface area contributed by atoms with Gasteiger partial charge in [0.15, 0.2) is 5.82 Å². The van der Waals surface area contributed by atoms with Crippen LogP contribution in [0.4, 0.5) is 0 Å². The second-order valence-electron chi connectivity index (χ2n) is 3.13. The average molecular weight is 217 g/mol. The molecule has 0 saturated heterocycles. The van der Waals surface area contributed by atoms with Crippen LogP contribution in [0.25, 0.3) is 16.0 Å². The highest BCUT2D eigenvalue weighted by molar-refractivity contribution is 7.17. The Bertz CT molecular complexity index is 598. The number of hydrogen-bond donors (Lipinski definition) is 0. The Labute approximate surface area is 89.4 Å². The van der Waals surface area contributed by atoms with Gasteiger partial charge in [-0.3, -0.25) is 0 Å². The van der Waals surface area contributed by atoms with E-state index in [4.69, 9.17) is 0 Å². The molecule has 0 saturated carbocycles. The minimum atomic E-state index is 0.788. The van der Waals surface area contributed by atoms with Crippen molar-refractivity contribution >= 4 is 21.6 Å². The molecule has 3 heterocycles. The number of rotatable bonds is 1. The van der Waals surface area contributed by atoms with Gasteiger partial charge in [-0.05, 0) is 17.9 Å². The van der Waals surface area contributed by atoms with Gasteiger partial charge in [0, 0.05) is 0 Å². The molecule has 0 radical (unpaired) electrons. The number of aromatic nitrogens is 5. The summed E-state index contributed by atoms with van der Waals surface area (Å²) in [7, 11) is 0. The van der Waals surface area contributed by atoms with Gasteiger partial charge >= 0.3 is 0 Å². The first kappa shape index (κ1) is 8.49. The van der Waals surface area contributed by atoms with E-state index in [1.807, 2.05) is 6.92 Å². The zero-order chi connectivity index (χ0) is 10.3. The lowest BCUT2D eigenvalue weighted by molar-refractivity contribution is 0.851. The molecular formula is C9H7N5S. The Morgan fingerprint density at radius 1 is 1.27 bits per heavy atom. The summed E-state index contributed by atoms with van der Waals surface area (Å²) >= 11 is 1.63. The van der Waals surface area contributed by atoms with Crippen LogP contribution in [0.1, 0.15) is 5.56 Å². The summed E-state index contributed by atoms with van der Waals surface area (Å²) in [4.78, 5) is 12.4. The maximum absolute atomic E-state index is 4.25. The van der Waals surface area contributed by atoms with Gasteiger partial charge in [0.05, 0.1) is 10.2 Å². The van der Waals surface area contributed by atoms with E-state index in [1.54, 1.807) is 28.7 Å². The number of hydrogen-bond acceptors (Lipinski definition) is 5. The fourth-order valence-electron chi connectivity index (χ4n) is 1.44. The van der Waals surface area contributed by atoms with Crippen LogP contribution in [-0.4, -0.2) is 24.7 Å². The van der Waals surface area contributed by atoms with Crippen LogP contribution >= 0.6 is 11.3 Å². The van der Waals surface area contributed by atoms with Crippen molar-refractivity contribution in [2.45, 2.75) is 6.92 Å². The third kappa shape index (κ3) is 1.22. The summed E-state index contributed by atoms with van der Waals surface area (Å²) in [6.45, 7) is 2.04. The molecule has 0 N–H and O–H groups in total. The van der Waals surface area contributed by atoms with Crippen molar-refractivity contribution in [3.8, 4) is 5.82 Å². The lowest BCUT2D eigenvalue weighted by atomic mass is 10.3. The zero-order valence-electron chi connectivity index (χ0n) is 7.95. The summed E-state index contributed by atoms with van der Waals surface area (Å²) in [5.41, 5.74) is 2.15. The second-order valence-corrected chi connectivity index (χ2v) is 4.01. The summed E-state index contributed by atoms with van der Waals surface area (Å²) in [6, 6.07) is 0. The van der Waals surface area contributed by atoms with E-state index in [9.17, 15) is 0 Å². The maximum Gasteiger partial charge on any atom is 0.176 e. The van der Waals surface area contributed by atoms with Gasteiger partial charge in [0.1, 0.15) is 19.0 Å². The first-order valence-corrected chi connectivity index (χ1v) is 5.28. The van der Waals surface area contributed by atoms with Crippen molar-refractivity contribution in [2.75, 3.05) is 0 Å². The van der Waals surface area contributed by atoms with E-state index in [-0.39, 0.29) is 0 Å². The molecule has 0 amide bonds. The second kappa shape index (κ2) is 3.09. The van der Waals surface area contributed by atoms with Crippen LogP contribution in [0.3, 0.4) is 0 Å². The molecule has 0 atom stereocenters. The number of aryl methyl sites for hydroxylation is 1. The van der Waals surface area contributed by atoms with Crippen molar-refractivity contribution in [2.24, 2.45) is 0 Å². The third-order valence-corrected chi connectivity index (χ3v) is 3.23. The molecule has 0 unspecified atom stereocenters. The summed E-state index contributed by atoms with van der Waals surface area (Å²) in [5.74, 6) is 0.788. The van der Waals surface area contributed by atoms with E-state index in [0.29, 0.717) is 0 Å². The fourth-order valence-corrected chi connectivity index (χ4v) is 2.42. The molecular weight excluding hydrogens is 210 g/mol. The molecule has 5 nitrogen and oxygen atoms in total. The largest absolute Gasteiger partial charge is 0.235 e. The number of nitrogens with zero attached hydrogens (tertiary/aromatic N) is 5. The normalized spacial score (nSPS) is 11.0. The SMILES string of the molecule is Cc1csc2c(-n3cncn3)ncnc12. The highest BCUT2D eigenvalue weighted by Crippen LogP contribution is 2.26. The standard InChI is InChI=1S/C9H7N5S/c1-6-2-15-8-7(6)11-4-12-9(8)14-5-10-3-13-14/h2-5H,1H3. The van der Waals surface area contributed by atoms with Gasteiger partial charge in [-0.2, -0.15) is 5.10 Å². The van der Waals surface area contributed by atoms with Gasteiger partial charge < -0.3 is 0 Å². The third-order valence-electron chi connectivity index (χ3n) is 2.15. The Balaban J connectivity index is 2.36. The Morgan fingerprint density at radius 2 is 2.20 bits per heavy atom. The molecule has 6 heteroatoms. The van der Waals surface area contributed by atoms with Crippen LogP contribution in [0.5, 0.6) is 0 Å². The van der Waals surface area contributed by atoms with Crippen molar-refractivity contribution in [3.05, 3.63) is 29.9 Å². The smallest absolute Gasteiger partial charge is 0.176 e. The lowest BCUT2D eigenvalue weighted by Gasteiger charge is -1.99. The van der Waals surface area contributed by atoms with E-state index in [2.05, 4.69) is 25.4 Å². The van der Waals surface area contributed by atoms with Crippen LogP contribution in [0.15, 0.2) is 24.4 Å². The van der Waals surface area contributed by atoms with Crippen LogP contribution in [0, 0.1) is 6.92 Å². The lowest BCUT2D eigenvalue weighted by Crippen LogP contribution is -1.98. The molecule has 0 aliphatic carbocycles. The molecule has 0 aliphatic rings. The first-order valence-electron chi connectivity index (χ1n) is 4.40. The molecule has 15 heavy (non-hydrogen) atoms. The first-order chi connectivity index (χ1) is 7.36. The van der Waals surface area contributed by atoms with Gasteiger partial charge in [-0.15, -0.1) is 11.3 Å². The van der Waals surface area contributed by atoms with Crippen LogP contribution < -0.4 is 0 Å². The predicted molar refractivity (Wildman–Crippen MR) is 57.1 cm³/mol. The minimum absolute atomic E-state index is 0.788. The van der Waals surface area contributed by atoms with Crippen molar-refractivity contribution in [1.29, 1.82) is 0 Å². The Hall–Kier alpha value is -1.82. The molecule has 3 aromatic heterocycles. The molecule has 0 bridgehead atoms. The summed E-state index contributed by atoms with van der Waals surface area (Å²) < 4.78 is 2.69. The number of fused-ring (bicyclic) bond motifs is 1. The highest BCUT2D eigenvalue weighted by atomic mass is 32.1. The van der Waals surface area contributed by atoms with Crippen molar-refractivity contribution in [1.82, 2.24) is 24.7 Å². The van der Waals surface area contributed by atoms with E-state index < -0.39 is 0 Å². The zero-order valence-corrected chi connectivity index (χ0v) is 8.77. The molecule has 0 aromatic carbocycles. The monoisotopic (exact) mass is 217 g/mol. The summed E-state index contributed by atoms with van der Waals surface area (Å²) in [6.07, 6.45) is 4.68. The van der Waals surface area contributed by atoms with E-state index in [0.717, 1.165) is 16.0 Å². The molecule has 74 valence electrons. The summed E-state index contributed by atoms with van der Waals surface area (Å²) in [5, 5.41) is 6.14. The molecule has 3 rings (SSSR count). The topological polar surface area (TPSA) is 56.5 Å². The quantitative estimate of drug-likeness (QED) is 0.621. The van der Waals surface area contributed by atoms with E-state index >= 15 is 0 Å². The van der Waals surface area contributed by atoms with Gasteiger partial charge in [0.25, 0.3) is 0 Å². The van der Waals surface area contributed by atoms with Gasteiger partial charge in [-0.1, -0.05) is 0 Å². The molecule has 0 fully saturated rings. The average Bonchev–Trinajstić information content (AvgIpc) is 2.88. The fraction of sp³-hybridized carbons (Fsp3) is 0.111. The maximum atomic E-state index is 4.25. The van der Waals surface area contributed by atoms with Gasteiger partial charge in [-0.25, -0.2) is 19.6 Å². The van der Waals surface area contributed by atoms with Crippen molar-refractivity contribution in [3.63, 3.8) is 0 Å². The van der Waals surface area contributed by atoms with Crippen LogP contribution in [0.2, 0.25) is 0 Å². The van der Waals surface area contributed by atoms with Crippen LogP contribution in [-0.2, 0) is 0 Å². The van der Waals surface area contributed by atoms with Crippen molar-refractivity contribution < 1.29 is 0 Å². The molecule has 0 spiro atoms. The predicted octanol–water partition coefficient (Wildman–Crippen LogP) is 1.58. The van der Waals surface area contributed by atoms with Gasteiger partial charge in [0.2, 0.25) is 0 Å². The highest BCUT2D eigenvalue weighted by Gasteiger charge is 2.09. The Kier molecular flexibility index (Phi) is 1.75. The minimum Gasteiger partial charge on any atom is -0.235 e. The van der Waals surface area contributed by atoms with E-state index in [1.165, 1.54) is 11.9 Å². The molecule has 0 aliphatic heterocycles. The Morgan fingerprint density at radius 3 is 3.00 bits per heavy atom.